The van der Waals surface area contributed by atoms with Gasteiger partial charge in [0, 0.05) is 56.4 Å². The van der Waals surface area contributed by atoms with Crippen molar-refractivity contribution in [1.82, 2.24) is 15.2 Å². The van der Waals surface area contributed by atoms with E-state index in [9.17, 15) is 18.0 Å². The van der Waals surface area contributed by atoms with Gasteiger partial charge in [-0.05, 0) is 92.2 Å². The first kappa shape index (κ1) is 31.7. The molecule has 2 saturated heterocycles. The fourth-order valence-electron chi connectivity index (χ4n) is 6.08. The Hall–Kier alpha value is -3.76. The van der Waals surface area contributed by atoms with E-state index in [-0.39, 0.29) is 23.7 Å². The van der Waals surface area contributed by atoms with Crippen molar-refractivity contribution in [2.45, 2.75) is 62.5 Å². The van der Waals surface area contributed by atoms with Crippen molar-refractivity contribution >= 4 is 21.5 Å². The molecule has 0 saturated carbocycles. The fourth-order valence-corrected chi connectivity index (χ4v) is 7.04. The second-order valence-electron chi connectivity index (χ2n) is 12.0. The Morgan fingerprint density at radius 3 is 2.30 bits per heavy atom. The molecular formula is C34H41N3O6S. The lowest BCUT2D eigenvalue weighted by atomic mass is 9.87. The fraction of sp³-hybridized carbons (Fsp3) is 0.441. The van der Waals surface area contributed by atoms with Gasteiger partial charge in [-0.25, -0.2) is 8.42 Å². The van der Waals surface area contributed by atoms with Gasteiger partial charge in [0.1, 0.15) is 23.3 Å². The third-order valence-electron chi connectivity index (χ3n) is 8.62. The summed E-state index contributed by atoms with van der Waals surface area (Å²) in [7, 11) is -1.62. The number of ether oxygens (including phenoxy) is 2. The molecule has 2 unspecified atom stereocenters. The zero-order chi connectivity index (χ0) is 31.3. The largest absolute Gasteiger partial charge is 0.497 e. The number of benzene rings is 2. The predicted octanol–water partition coefficient (Wildman–Crippen LogP) is 4.67. The molecule has 1 N–H and O–H groups in total. The number of carbonyl (C=O) groups excluding carboxylic acids is 2. The summed E-state index contributed by atoms with van der Waals surface area (Å²) in [6.45, 7) is 3.62. The van der Waals surface area contributed by atoms with Crippen LogP contribution >= 0.6 is 0 Å². The molecule has 0 spiro atoms. The number of hydrogen-bond acceptors (Lipinski definition) is 8. The van der Waals surface area contributed by atoms with Crippen molar-refractivity contribution in [3.8, 4) is 11.5 Å². The average molecular weight is 620 g/mol. The standard InChI is InChI=1S/C34H41N3O6S/c1-23-18-30(11-13-33(23)44(3,40)41)43-29-14-16-37(17-15-29)34(39)31-12-7-26(22-36-31)32(38)20-25-4-8-27(35-21-25)19-24-5-9-28(42-2)10-6-24/h5-7,9-13,18,22,25,27,29,35H,4,8,14-17,19-21H2,1-3H3. The minimum absolute atomic E-state index is 0.0506. The average Bonchev–Trinajstić information content (AvgIpc) is 3.02. The highest BCUT2D eigenvalue weighted by Gasteiger charge is 2.27. The number of aryl methyl sites for hydroxylation is 1. The number of ketones is 1. The van der Waals surface area contributed by atoms with Crippen LogP contribution in [0, 0.1) is 12.8 Å². The Bertz CT molecular complexity index is 1560. The van der Waals surface area contributed by atoms with Crippen molar-refractivity contribution in [3.05, 3.63) is 83.2 Å². The molecule has 2 fully saturated rings. The van der Waals surface area contributed by atoms with Crippen LogP contribution in [0.4, 0.5) is 0 Å². The van der Waals surface area contributed by atoms with Gasteiger partial charge in [0.05, 0.1) is 12.0 Å². The molecule has 5 rings (SSSR count). The lowest BCUT2D eigenvalue weighted by molar-refractivity contribution is 0.0589. The summed E-state index contributed by atoms with van der Waals surface area (Å²) in [5.74, 6) is 1.65. The third-order valence-corrected chi connectivity index (χ3v) is 9.87. The van der Waals surface area contributed by atoms with Crippen molar-refractivity contribution in [2.24, 2.45) is 5.92 Å². The lowest BCUT2D eigenvalue weighted by Crippen LogP contribution is -2.42. The molecule has 9 nitrogen and oxygen atoms in total. The van der Waals surface area contributed by atoms with Gasteiger partial charge < -0.3 is 19.7 Å². The molecular weight excluding hydrogens is 578 g/mol. The van der Waals surface area contributed by atoms with Crippen LogP contribution in [0.15, 0.2) is 65.7 Å². The number of nitrogens with one attached hydrogen (secondary N) is 1. The molecule has 2 aromatic carbocycles. The van der Waals surface area contributed by atoms with E-state index in [1.54, 1.807) is 49.3 Å². The normalized spacial score (nSPS) is 19.4. The Morgan fingerprint density at radius 1 is 0.977 bits per heavy atom. The van der Waals surface area contributed by atoms with Crippen molar-refractivity contribution < 1.29 is 27.5 Å². The van der Waals surface area contributed by atoms with Gasteiger partial charge >= 0.3 is 0 Å². The molecule has 44 heavy (non-hydrogen) atoms. The number of amides is 1. The van der Waals surface area contributed by atoms with E-state index >= 15 is 0 Å². The number of rotatable bonds is 10. The van der Waals surface area contributed by atoms with Crippen LogP contribution in [0.1, 0.15) is 64.1 Å². The number of methoxy groups -OCH3 is 1. The van der Waals surface area contributed by atoms with Gasteiger partial charge in [-0.3, -0.25) is 14.6 Å². The molecule has 10 heteroatoms. The molecule has 0 bridgehead atoms. The van der Waals surface area contributed by atoms with E-state index in [0.717, 1.165) is 31.6 Å². The summed E-state index contributed by atoms with van der Waals surface area (Å²) >= 11 is 0. The molecule has 0 aliphatic carbocycles. The lowest BCUT2D eigenvalue weighted by Gasteiger charge is -2.32. The van der Waals surface area contributed by atoms with E-state index in [4.69, 9.17) is 9.47 Å². The van der Waals surface area contributed by atoms with Crippen molar-refractivity contribution in [3.63, 3.8) is 0 Å². The van der Waals surface area contributed by atoms with Crippen molar-refractivity contribution in [2.75, 3.05) is 33.0 Å². The van der Waals surface area contributed by atoms with E-state index in [1.165, 1.54) is 18.0 Å². The predicted molar refractivity (Wildman–Crippen MR) is 168 cm³/mol. The van der Waals surface area contributed by atoms with Crippen LogP contribution in [0.3, 0.4) is 0 Å². The highest BCUT2D eigenvalue weighted by molar-refractivity contribution is 7.90. The first-order chi connectivity index (χ1) is 21.1. The quantitative estimate of drug-likeness (QED) is 0.326. The van der Waals surface area contributed by atoms with E-state index in [1.807, 2.05) is 12.1 Å². The monoisotopic (exact) mass is 619 g/mol. The zero-order valence-corrected chi connectivity index (χ0v) is 26.4. The van der Waals surface area contributed by atoms with Gasteiger partial charge in [0.2, 0.25) is 0 Å². The maximum absolute atomic E-state index is 13.1. The molecule has 2 aliphatic heterocycles. The minimum atomic E-state index is -3.28. The molecule has 3 aromatic rings. The maximum Gasteiger partial charge on any atom is 0.272 e. The van der Waals surface area contributed by atoms with Crippen molar-refractivity contribution in [1.29, 1.82) is 0 Å². The number of piperidine rings is 2. The second-order valence-corrected chi connectivity index (χ2v) is 14.0. The van der Waals surface area contributed by atoms with E-state index < -0.39 is 9.84 Å². The Labute approximate surface area is 259 Å². The molecule has 0 radical (unpaired) electrons. The summed E-state index contributed by atoms with van der Waals surface area (Å²) in [5, 5.41) is 3.61. The van der Waals surface area contributed by atoms with Gasteiger partial charge in [-0.1, -0.05) is 12.1 Å². The smallest absolute Gasteiger partial charge is 0.272 e. The van der Waals surface area contributed by atoms with Crippen LogP contribution < -0.4 is 14.8 Å². The van der Waals surface area contributed by atoms with Gasteiger partial charge in [-0.2, -0.15) is 0 Å². The number of carbonyl (C=O) groups is 2. The minimum Gasteiger partial charge on any atom is -0.497 e. The molecule has 2 atom stereocenters. The topological polar surface area (TPSA) is 115 Å². The number of likely N-dealkylation sites (tertiary alicyclic amines) is 1. The Morgan fingerprint density at radius 2 is 1.70 bits per heavy atom. The first-order valence-electron chi connectivity index (χ1n) is 15.2. The van der Waals surface area contributed by atoms with Gasteiger partial charge in [-0.15, -0.1) is 0 Å². The summed E-state index contributed by atoms with van der Waals surface area (Å²) in [5.41, 5.74) is 2.78. The zero-order valence-electron chi connectivity index (χ0n) is 25.6. The van der Waals surface area contributed by atoms with E-state index in [2.05, 4.69) is 22.4 Å². The molecule has 1 amide bonds. The van der Waals surface area contributed by atoms with Crippen LogP contribution in [0.2, 0.25) is 0 Å². The highest BCUT2D eigenvalue weighted by atomic mass is 32.2. The number of nitrogens with zero attached hydrogens (tertiary/aromatic N) is 2. The van der Waals surface area contributed by atoms with Crippen LogP contribution in [-0.2, 0) is 16.3 Å². The number of sulfone groups is 1. The molecule has 234 valence electrons. The molecule has 3 heterocycles. The summed E-state index contributed by atoms with van der Waals surface area (Å²) in [4.78, 5) is 32.5. The molecule has 1 aromatic heterocycles. The van der Waals surface area contributed by atoms with Gasteiger partial charge in [0.25, 0.3) is 5.91 Å². The summed E-state index contributed by atoms with van der Waals surface area (Å²) in [6, 6.07) is 16.9. The van der Waals surface area contributed by atoms with Gasteiger partial charge in [0.15, 0.2) is 15.6 Å². The number of pyridine rings is 1. The Balaban J connectivity index is 1.06. The Kier molecular flexibility index (Phi) is 10.0. The third kappa shape index (κ3) is 8.04. The van der Waals surface area contributed by atoms with Crippen LogP contribution in [0.25, 0.3) is 0 Å². The van der Waals surface area contributed by atoms with Crippen LogP contribution in [-0.4, -0.2) is 75.1 Å². The number of Topliss-reactive ketones (excluding diaryl/α,β-unsaturated/α-hetero) is 1. The van der Waals surface area contributed by atoms with Crippen LogP contribution in [0.5, 0.6) is 11.5 Å². The first-order valence-corrected chi connectivity index (χ1v) is 17.1. The SMILES string of the molecule is COc1ccc(CC2CCC(CC(=O)c3ccc(C(=O)N4CCC(Oc5ccc(S(C)(=O)=O)c(C)c5)CC4)nc3)CN2)cc1. The number of hydrogen-bond donors (Lipinski definition) is 1. The summed E-state index contributed by atoms with van der Waals surface area (Å²) < 4.78 is 35.1. The number of aromatic nitrogens is 1. The molecule has 2 aliphatic rings. The highest BCUT2D eigenvalue weighted by Crippen LogP contribution is 2.26. The second kappa shape index (κ2) is 13.9. The van der Waals surface area contributed by atoms with E-state index in [0.29, 0.717) is 65.9 Å². The maximum atomic E-state index is 13.1. The summed E-state index contributed by atoms with van der Waals surface area (Å²) in [6.07, 6.45) is 7.40.